The first-order valence-corrected chi connectivity index (χ1v) is 6.29. The van der Waals surface area contributed by atoms with Crippen LogP contribution < -0.4 is 5.32 Å². The van der Waals surface area contributed by atoms with Crippen molar-refractivity contribution in [3.05, 3.63) is 48.0 Å². The lowest BCUT2D eigenvalue weighted by Gasteiger charge is -2.10. The first kappa shape index (κ1) is 13.2. The first-order valence-electron chi connectivity index (χ1n) is 6.29. The molecule has 1 atom stereocenters. The highest BCUT2D eigenvalue weighted by Gasteiger charge is 2.09. The zero-order valence-corrected chi connectivity index (χ0v) is 11.0. The van der Waals surface area contributed by atoms with Gasteiger partial charge in [-0.05, 0) is 5.56 Å². The minimum absolute atomic E-state index is 0.110. The topological polar surface area (TPSA) is 66.5 Å². The number of aryl methyl sites for hydroxylation is 1. The lowest BCUT2D eigenvalue weighted by molar-refractivity contribution is 0.629. The molecule has 0 radical (unpaired) electrons. The zero-order chi connectivity index (χ0) is 13.5. The molecule has 0 aliphatic heterocycles. The molecule has 0 amide bonds. The predicted octanol–water partition coefficient (Wildman–Crippen LogP) is 1.25. The van der Waals surface area contributed by atoms with Crippen molar-refractivity contribution in [2.75, 3.05) is 13.1 Å². The summed E-state index contributed by atoms with van der Waals surface area (Å²) in [6.45, 7) is 1.44. The molecule has 1 aromatic heterocycles. The van der Waals surface area contributed by atoms with Crippen molar-refractivity contribution in [1.82, 2.24) is 20.1 Å². The molecule has 98 valence electrons. The number of nitriles is 1. The third-order valence-electron chi connectivity index (χ3n) is 3.04. The summed E-state index contributed by atoms with van der Waals surface area (Å²) in [5, 5.41) is 20.3. The second-order valence-corrected chi connectivity index (χ2v) is 4.40. The Labute approximate surface area is 112 Å². The van der Waals surface area contributed by atoms with E-state index in [-0.39, 0.29) is 5.92 Å². The Kier molecular flexibility index (Phi) is 4.65. The lowest BCUT2D eigenvalue weighted by Crippen LogP contribution is -2.24. The number of benzene rings is 1. The fraction of sp³-hybridized carbons (Fsp3) is 0.357. The molecule has 0 saturated heterocycles. The van der Waals surface area contributed by atoms with Crippen molar-refractivity contribution in [3.8, 4) is 6.07 Å². The van der Waals surface area contributed by atoms with Crippen LogP contribution in [0.2, 0.25) is 0 Å². The average molecular weight is 255 g/mol. The number of nitrogens with zero attached hydrogens (tertiary/aromatic N) is 4. The highest BCUT2D eigenvalue weighted by molar-refractivity contribution is 5.24. The standard InChI is InChI=1S/C14H17N5/c1-19-11-17-18-14(19)7-8-16-10-13(9-15)12-5-3-2-4-6-12/h2-6,11,13,16H,7-8,10H2,1H3. The van der Waals surface area contributed by atoms with E-state index < -0.39 is 0 Å². The summed E-state index contributed by atoms with van der Waals surface area (Å²) in [4.78, 5) is 0. The van der Waals surface area contributed by atoms with Crippen LogP contribution >= 0.6 is 0 Å². The Morgan fingerprint density at radius 1 is 1.37 bits per heavy atom. The van der Waals surface area contributed by atoms with E-state index in [0.29, 0.717) is 6.54 Å². The fourth-order valence-corrected chi connectivity index (χ4v) is 1.90. The molecule has 1 unspecified atom stereocenters. The van der Waals surface area contributed by atoms with Gasteiger partial charge in [-0.15, -0.1) is 10.2 Å². The summed E-state index contributed by atoms with van der Waals surface area (Å²) in [5.74, 6) is 0.835. The van der Waals surface area contributed by atoms with Gasteiger partial charge < -0.3 is 9.88 Å². The monoisotopic (exact) mass is 255 g/mol. The largest absolute Gasteiger partial charge is 0.321 e. The molecule has 1 heterocycles. The van der Waals surface area contributed by atoms with Crippen LogP contribution in [0.4, 0.5) is 0 Å². The molecule has 0 fully saturated rings. The van der Waals surface area contributed by atoms with Crippen LogP contribution in [-0.2, 0) is 13.5 Å². The highest BCUT2D eigenvalue weighted by atomic mass is 15.2. The fourth-order valence-electron chi connectivity index (χ4n) is 1.90. The van der Waals surface area contributed by atoms with Gasteiger partial charge in [-0.3, -0.25) is 0 Å². The Morgan fingerprint density at radius 3 is 2.79 bits per heavy atom. The van der Waals surface area contributed by atoms with Crippen LogP contribution in [-0.4, -0.2) is 27.9 Å². The van der Waals surface area contributed by atoms with E-state index in [1.807, 2.05) is 41.9 Å². The van der Waals surface area contributed by atoms with Crippen molar-refractivity contribution in [1.29, 1.82) is 5.26 Å². The Balaban J connectivity index is 1.79. The van der Waals surface area contributed by atoms with E-state index in [9.17, 15) is 5.26 Å². The van der Waals surface area contributed by atoms with Gasteiger partial charge in [-0.25, -0.2) is 0 Å². The molecule has 2 aromatic rings. The summed E-state index contributed by atoms with van der Waals surface area (Å²) in [5.41, 5.74) is 1.05. The van der Waals surface area contributed by atoms with Crippen LogP contribution in [0, 0.1) is 11.3 Å². The highest BCUT2D eigenvalue weighted by Crippen LogP contribution is 2.12. The number of nitrogens with one attached hydrogen (secondary N) is 1. The minimum atomic E-state index is -0.110. The molecule has 5 nitrogen and oxygen atoms in total. The smallest absolute Gasteiger partial charge is 0.133 e. The van der Waals surface area contributed by atoms with Crippen LogP contribution in [0.1, 0.15) is 17.3 Å². The van der Waals surface area contributed by atoms with Crippen molar-refractivity contribution < 1.29 is 0 Å². The van der Waals surface area contributed by atoms with Gasteiger partial charge in [0.15, 0.2) is 0 Å². The molecule has 0 aliphatic rings. The molecular weight excluding hydrogens is 238 g/mol. The Bertz CT molecular complexity index is 540. The Morgan fingerprint density at radius 2 is 2.16 bits per heavy atom. The molecule has 2 rings (SSSR count). The third kappa shape index (κ3) is 3.63. The van der Waals surface area contributed by atoms with Crippen molar-refractivity contribution in [3.63, 3.8) is 0 Å². The van der Waals surface area contributed by atoms with Gasteiger partial charge in [-0.2, -0.15) is 5.26 Å². The first-order chi connectivity index (χ1) is 9.31. The van der Waals surface area contributed by atoms with E-state index >= 15 is 0 Å². The number of rotatable bonds is 6. The molecular formula is C14H17N5. The molecule has 0 spiro atoms. The summed E-state index contributed by atoms with van der Waals surface area (Å²) in [6.07, 6.45) is 2.50. The molecule has 5 heteroatoms. The predicted molar refractivity (Wildman–Crippen MR) is 72.4 cm³/mol. The van der Waals surface area contributed by atoms with Crippen LogP contribution in [0.3, 0.4) is 0 Å². The van der Waals surface area contributed by atoms with Gasteiger partial charge in [0.25, 0.3) is 0 Å². The Hall–Kier alpha value is -2.19. The minimum Gasteiger partial charge on any atom is -0.321 e. The summed E-state index contributed by atoms with van der Waals surface area (Å²) < 4.78 is 1.90. The van der Waals surface area contributed by atoms with Gasteiger partial charge in [0.2, 0.25) is 0 Å². The second kappa shape index (κ2) is 6.66. The van der Waals surface area contributed by atoms with E-state index in [0.717, 1.165) is 24.4 Å². The molecule has 1 aromatic carbocycles. The van der Waals surface area contributed by atoms with E-state index in [4.69, 9.17) is 0 Å². The molecule has 0 bridgehead atoms. The van der Waals surface area contributed by atoms with Crippen LogP contribution in [0.5, 0.6) is 0 Å². The number of hydrogen-bond donors (Lipinski definition) is 1. The van der Waals surface area contributed by atoms with Crippen molar-refractivity contribution in [2.24, 2.45) is 7.05 Å². The van der Waals surface area contributed by atoms with Gasteiger partial charge in [0.05, 0.1) is 12.0 Å². The van der Waals surface area contributed by atoms with Crippen LogP contribution in [0.15, 0.2) is 36.7 Å². The SMILES string of the molecule is Cn1cnnc1CCNCC(C#N)c1ccccc1. The van der Waals surface area contributed by atoms with E-state index in [1.165, 1.54) is 0 Å². The maximum atomic E-state index is 9.19. The van der Waals surface area contributed by atoms with Gasteiger partial charge in [-0.1, -0.05) is 30.3 Å². The maximum absolute atomic E-state index is 9.19. The van der Waals surface area contributed by atoms with Crippen molar-refractivity contribution >= 4 is 0 Å². The normalized spacial score (nSPS) is 12.0. The number of aromatic nitrogens is 3. The van der Waals surface area contributed by atoms with E-state index in [2.05, 4.69) is 21.6 Å². The van der Waals surface area contributed by atoms with Crippen molar-refractivity contribution in [2.45, 2.75) is 12.3 Å². The lowest BCUT2D eigenvalue weighted by atomic mass is 10.0. The maximum Gasteiger partial charge on any atom is 0.133 e. The molecule has 19 heavy (non-hydrogen) atoms. The summed E-state index contributed by atoms with van der Waals surface area (Å²) in [7, 11) is 1.93. The van der Waals surface area contributed by atoms with E-state index in [1.54, 1.807) is 6.33 Å². The number of hydrogen-bond acceptors (Lipinski definition) is 4. The molecule has 0 aliphatic carbocycles. The summed E-state index contributed by atoms with van der Waals surface area (Å²) >= 11 is 0. The van der Waals surface area contributed by atoms with Gasteiger partial charge in [0, 0.05) is 26.6 Å². The zero-order valence-electron chi connectivity index (χ0n) is 11.0. The quantitative estimate of drug-likeness (QED) is 0.789. The third-order valence-corrected chi connectivity index (χ3v) is 3.04. The molecule has 0 saturated carbocycles. The second-order valence-electron chi connectivity index (χ2n) is 4.40. The van der Waals surface area contributed by atoms with Gasteiger partial charge >= 0.3 is 0 Å². The summed E-state index contributed by atoms with van der Waals surface area (Å²) in [6, 6.07) is 12.2. The molecule has 1 N–H and O–H groups in total. The average Bonchev–Trinajstić information content (AvgIpc) is 2.85. The van der Waals surface area contributed by atoms with Crippen LogP contribution in [0.25, 0.3) is 0 Å². The van der Waals surface area contributed by atoms with Gasteiger partial charge in [0.1, 0.15) is 12.2 Å².